The van der Waals surface area contributed by atoms with Crippen LogP contribution in [0.3, 0.4) is 0 Å². The summed E-state index contributed by atoms with van der Waals surface area (Å²) in [7, 11) is 0. The highest BCUT2D eigenvalue weighted by atomic mass is 19.4. The van der Waals surface area contributed by atoms with Gasteiger partial charge in [0.1, 0.15) is 0 Å². The number of nitrogens with zero attached hydrogens (tertiary/aromatic N) is 4. The summed E-state index contributed by atoms with van der Waals surface area (Å²) in [5, 5.41) is 6.30. The van der Waals surface area contributed by atoms with Gasteiger partial charge in [-0.25, -0.2) is 0 Å². The number of hydrogen-bond acceptors (Lipinski definition) is 6. The lowest BCUT2D eigenvalue weighted by Gasteiger charge is -2.30. The molecule has 7 nitrogen and oxygen atoms in total. The van der Waals surface area contributed by atoms with Gasteiger partial charge in [0.25, 0.3) is 5.91 Å². The van der Waals surface area contributed by atoms with Crippen LogP contribution in [-0.2, 0) is 19.1 Å². The predicted molar refractivity (Wildman–Crippen MR) is 105 cm³/mol. The molecular formula is C21H20F3N5O2. The molecular weight excluding hydrogens is 411 g/mol. The van der Waals surface area contributed by atoms with Crippen molar-refractivity contribution in [1.82, 2.24) is 25.3 Å². The maximum absolute atomic E-state index is 12.6. The average molecular weight is 431 g/mol. The predicted octanol–water partition coefficient (Wildman–Crippen LogP) is 3.33. The third kappa shape index (κ3) is 4.91. The Kier molecular flexibility index (Phi) is 5.73. The van der Waals surface area contributed by atoms with Crippen LogP contribution in [-0.4, -0.2) is 45.1 Å². The van der Waals surface area contributed by atoms with Gasteiger partial charge in [0, 0.05) is 49.2 Å². The standard InChI is InChI=1S/C21H20F3N5O2/c1-13(11-29-9-7-14-6-8-25-10-17(14)12-29)26-19(30)16-4-2-15(3-5-16)18-27-20(31-28-18)21(22,23)24/h2-6,8,10,13H,7,9,11-12H2,1H3,(H,26,30). The zero-order chi connectivity index (χ0) is 22.0. The number of carbonyl (C=O) groups is 1. The molecule has 0 saturated carbocycles. The minimum atomic E-state index is -4.70. The van der Waals surface area contributed by atoms with Crippen LogP contribution in [0.2, 0.25) is 0 Å². The Hall–Kier alpha value is -3.27. The van der Waals surface area contributed by atoms with Gasteiger partial charge in [-0.05, 0) is 42.7 Å². The minimum absolute atomic E-state index is 0.0862. The summed E-state index contributed by atoms with van der Waals surface area (Å²) in [6.45, 7) is 4.34. The van der Waals surface area contributed by atoms with Crippen LogP contribution in [0.4, 0.5) is 13.2 Å². The fourth-order valence-corrected chi connectivity index (χ4v) is 3.56. The molecule has 1 aromatic carbocycles. The number of aromatic nitrogens is 3. The highest BCUT2D eigenvalue weighted by Gasteiger charge is 2.38. The number of rotatable bonds is 5. The van der Waals surface area contributed by atoms with Crippen molar-refractivity contribution >= 4 is 5.91 Å². The zero-order valence-corrected chi connectivity index (χ0v) is 16.7. The van der Waals surface area contributed by atoms with Gasteiger partial charge in [-0.1, -0.05) is 17.3 Å². The van der Waals surface area contributed by atoms with Crippen LogP contribution in [0, 0.1) is 0 Å². The third-order valence-corrected chi connectivity index (χ3v) is 5.08. The number of nitrogens with one attached hydrogen (secondary N) is 1. The van der Waals surface area contributed by atoms with Crippen molar-refractivity contribution in [3.8, 4) is 11.4 Å². The van der Waals surface area contributed by atoms with Crippen LogP contribution in [0.15, 0.2) is 47.2 Å². The second-order valence-corrected chi connectivity index (χ2v) is 7.50. The number of hydrogen-bond donors (Lipinski definition) is 1. The maximum atomic E-state index is 12.6. The molecule has 0 spiro atoms. The first-order valence-corrected chi connectivity index (χ1v) is 9.76. The highest BCUT2D eigenvalue weighted by molar-refractivity contribution is 5.94. The molecule has 3 heterocycles. The van der Waals surface area contributed by atoms with E-state index in [0.717, 1.165) is 19.5 Å². The summed E-state index contributed by atoms with van der Waals surface area (Å²) in [6.07, 6.45) is -0.0650. The van der Waals surface area contributed by atoms with Crippen molar-refractivity contribution in [3.05, 3.63) is 65.3 Å². The monoisotopic (exact) mass is 431 g/mol. The molecule has 1 atom stereocenters. The number of halogens is 3. The number of alkyl halides is 3. The lowest BCUT2D eigenvalue weighted by molar-refractivity contribution is -0.159. The molecule has 1 aliphatic heterocycles. The summed E-state index contributed by atoms with van der Waals surface area (Å²) < 4.78 is 42.0. The van der Waals surface area contributed by atoms with E-state index >= 15 is 0 Å². The smallest absolute Gasteiger partial charge is 0.348 e. The second kappa shape index (κ2) is 8.46. The zero-order valence-electron chi connectivity index (χ0n) is 16.7. The van der Waals surface area contributed by atoms with Crippen LogP contribution in [0.1, 0.15) is 34.3 Å². The molecule has 162 valence electrons. The van der Waals surface area contributed by atoms with Gasteiger partial charge in [0.05, 0.1) is 0 Å². The van der Waals surface area contributed by atoms with E-state index in [1.54, 1.807) is 6.20 Å². The molecule has 2 aromatic heterocycles. The first-order valence-electron chi connectivity index (χ1n) is 9.76. The van der Waals surface area contributed by atoms with Gasteiger partial charge < -0.3 is 9.84 Å². The summed E-state index contributed by atoms with van der Waals surface area (Å²) in [5.74, 6) is -1.86. The molecule has 1 amide bonds. The highest BCUT2D eigenvalue weighted by Crippen LogP contribution is 2.29. The van der Waals surface area contributed by atoms with Crippen molar-refractivity contribution in [2.75, 3.05) is 13.1 Å². The van der Waals surface area contributed by atoms with Crippen LogP contribution >= 0.6 is 0 Å². The van der Waals surface area contributed by atoms with Crippen molar-refractivity contribution in [2.45, 2.75) is 32.1 Å². The summed E-state index contributed by atoms with van der Waals surface area (Å²) >= 11 is 0. The molecule has 31 heavy (non-hydrogen) atoms. The normalized spacial score (nSPS) is 15.4. The number of pyridine rings is 1. The number of amides is 1. The van der Waals surface area contributed by atoms with Gasteiger partial charge in [0.2, 0.25) is 5.82 Å². The number of benzene rings is 1. The third-order valence-electron chi connectivity index (χ3n) is 5.08. The minimum Gasteiger partial charge on any atom is -0.348 e. The van der Waals surface area contributed by atoms with E-state index in [-0.39, 0.29) is 17.8 Å². The molecule has 0 aliphatic carbocycles. The fourth-order valence-electron chi connectivity index (χ4n) is 3.56. The van der Waals surface area contributed by atoms with Crippen molar-refractivity contribution < 1.29 is 22.5 Å². The average Bonchev–Trinajstić information content (AvgIpc) is 3.24. The molecule has 0 saturated heterocycles. The number of fused-ring (bicyclic) bond motifs is 1. The van der Waals surface area contributed by atoms with Gasteiger partial charge in [0.15, 0.2) is 0 Å². The van der Waals surface area contributed by atoms with E-state index in [0.29, 0.717) is 17.7 Å². The summed E-state index contributed by atoms with van der Waals surface area (Å²) in [4.78, 5) is 22.3. The summed E-state index contributed by atoms with van der Waals surface area (Å²) in [6, 6.07) is 7.96. The molecule has 1 aliphatic rings. The Morgan fingerprint density at radius 3 is 2.71 bits per heavy atom. The van der Waals surface area contributed by atoms with E-state index in [9.17, 15) is 18.0 Å². The maximum Gasteiger partial charge on any atom is 0.471 e. The Balaban J connectivity index is 1.34. The first kappa shape index (κ1) is 21.0. The van der Waals surface area contributed by atoms with Crippen LogP contribution in [0.5, 0.6) is 0 Å². The molecule has 10 heteroatoms. The largest absolute Gasteiger partial charge is 0.471 e. The first-order chi connectivity index (χ1) is 14.8. The number of carbonyl (C=O) groups excluding carboxylic acids is 1. The van der Waals surface area contributed by atoms with Crippen molar-refractivity contribution in [3.63, 3.8) is 0 Å². The Labute approximate surface area is 176 Å². The quantitative estimate of drug-likeness (QED) is 0.667. The van der Waals surface area contributed by atoms with E-state index in [1.165, 1.54) is 35.4 Å². The molecule has 0 radical (unpaired) electrons. The van der Waals surface area contributed by atoms with E-state index in [4.69, 9.17) is 0 Å². The Morgan fingerprint density at radius 1 is 1.23 bits per heavy atom. The summed E-state index contributed by atoms with van der Waals surface area (Å²) in [5.41, 5.74) is 3.23. The van der Waals surface area contributed by atoms with E-state index in [2.05, 4.69) is 29.9 Å². The molecule has 1 N–H and O–H groups in total. The van der Waals surface area contributed by atoms with Crippen molar-refractivity contribution in [1.29, 1.82) is 0 Å². The van der Waals surface area contributed by atoms with Gasteiger partial charge in [-0.2, -0.15) is 18.2 Å². The Bertz CT molecular complexity index is 1070. The van der Waals surface area contributed by atoms with Crippen LogP contribution in [0.25, 0.3) is 11.4 Å². The second-order valence-electron chi connectivity index (χ2n) is 7.50. The van der Waals surface area contributed by atoms with E-state index in [1.807, 2.05) is 19.2 Å². The van der Waals surface area contributed by atoms with Crippen LogP contribution < -0.4 is 5.32 Å². The molecule has 1 unspecified atom stereocenters. The van der Waals surface area contributed by atoms with Gasteiger partial charge in [-0.15, -0.1) is 0 Å². The topological polar surface area (TPSA) is 84.2 Å². The molecule has 0 bridgehead atoms. The molecule has 0 fully saturated rings. The molecule has 4 rings (SSSR count). The molecule has 3 aromatic rings. The lowest BCUT2D eigenvalue weighted by Crippen LogP contribution is -2.43. The fraction of sp³-hybridized carbons (Fsp3) is 0.333. The SMILES string of the molecule is CC(CN1CCc2ccncc2C1)NC(=O)c1ccc(-c2noc(C(F)(F)F)n2)cc1. The van der Waals surface area contributed by atoms with Crippen molar-refractivity contribution in [2.24, 2.45) is 0 Å². The lowest BCUT2D eigenvalue weighted by atomic mass is 10.0. The Morgan fingerprint density at radius 2 is 2.00 bits per heavy atom. The van der Waals surface area contributed by atoms with E-state index < -0.39 is 12.1 Å². The van der Waals surface area contributed by atoms with Gasteiger partial charge >= 0.3 is 12.1 Å². The van der Waals surface area contributed by atoms with Gasteiger partial charge in [-0.3, -0.25) is 14.7 Å².